The Labute approximate surface area is 108 Å². The van der Waals surface area contributed by atoms with Gasteiger partial charge in [0, 0.05) is 5.69 Å². The van der Waals surface area contributed by atoms with Crippen LogP contribution in [-0.2, 0) is 9.53 Å². The van der Waals surface area contributed by atoms with Crippen molar-refractivity contribution in [2.75, 3.05) is 11.9 Å². The first-order valence-electron chi connectivity index (χ1n) is 5.19. The molecule has 0 atom stereocenters. The summed E-state index contributed by atoms with van der Waals surface area (Å²) in [5, 5.41) is 2.80. The Morgan fingerprint density at radius 2 is 2.12 bits per heavy atom. The molecule has 0 amide bonds. The minimum Gasteiger partial charge on any atom is -0.459 e. The van der Waals surface area contributed by atoms with Crippen molar-refractivity contribution >= 4 is 27.6 Å². The molecule has 0 fully saturated rings. The van der Waals surface area contributed by atoms with Gasteiger partial charge in [0.25, 0.3) is 0 Å². The number of ether oxygens (including phenoxy) is 1. The van der Waals surface area contributed by atoms with Crippen molar-refractivity contribution in [3.63, 3.8) is 0 Å². The number of hydrogen-bond donors (Lipinski definition) is 1. The molecule has 0 aliphatic carbocycles. The summed E-state index contributed by atoms with van der Waals surface area (Å²) in [4.78, 5) is 11.4. The second kappa shape index (κ2) is 5.49. The summed E-state index contributed by atoms with van der Waals surface area (Å²) >= 11 is 3.05. The molecule has 1 rings (SSSR count). The van der Waals surface area contributed by atoms with Crippen molar-refractivity contribution in [3.05, 3.63) is 28.5 Å². The summed E-state index contributed by atoms with van der Waals surface area (Å²) in [5.74, 6) is -0.750. The van der Waals surface area contributed by atoms with E-state index in [-0.39, 0.29) is 18.3 Å². The van der Waals surface area contributed by atoms with Crippen LogP contribution in [0.5, 0.6) is 0 Å². The van der Waals surface area contributed by atoms with Crippen LogP contribution in [0.2, 0.25) is 0 Å². The molecule has 0 bridgehead atoms. The molecule has 0 unspecified atom stereocenters. The van der Waals surface area contributed by atoms with Gasteiger partial charge in [0.15, 0.2) is 0 Å². The number of benzene rings is 1. The summed E-state index contributed by atoms with van der Waals surface area (Å²) < 4.78 is 18.7. The summed E-state index contributed by atoms with van der Waals surface area (Å²) in [7, 11) is 0. The van der Waals surface area contributed by atoms with Crippen LogP contribution >= 0.6 is 15.9 Å². The number of carbonyl (C=O) groups is 1. The molecular weight excluding hydrogens is 289 g/mol. The van der Waals surface area contributed by atoms with Gasteiger partial charge in [-0.05, 0) is 54.9 Å². The molecule has 0 saturated heterocycles. The molecule has 0 aromatic heterocycles. The zero-order valence-corrected chi connectivity index (χ0v) is 11.6. The van der Waals surface area contributed by atoms with E-state index in [1.54, 1.807) is 32.9 Å². The predicted molar refractivity (Wildman–Crippen MR) is 68.4 cm³/mol. The molecule has 0 aliphatic heterocycles. The van der Waals surface area contributed by atoms with E-state index in [9.17, 15) is 9.18 Å². The van der Waals surface area contributed by atoms with Crippen LogP contribution in [-0.4, -0.2) is 18.1 Å². The van der Waals surface area contributed by atoms with Crippen LogP contribution in [0.25, 0.3) is 0 Å². The second-order valence-corrected chi connectivity index (χ2v) is 5.42. The van der Waals surface area contributed by atoms with E-state index in [4.69, 9.17) is 4.74 Å². The van der Waals surface area contributed by atoms with Gasteiger partial charge in [-0.25, -0.2) is 4.39 Å². The van der Waals surface area contributed by atoms with Crippen molar-refractivity contribution in [2.24, 2.45) is 0 Å². The first-order chi connectivity index (χ1) is 7.78. The largest absolute Gasteiger partial charge is 0.459 e. The lowest BCUT2D eigenvalue weighted by molar-refractivity contribution is -0.152. The van der Waals surface area contributed by atoms with Gasteiger partial charge >= 0.3 is 5.97 Å². The molecule has 1 aromatic rings. The average Bonchev–Trinajstić information content (AvgIpc) is 2.17. The van der Waals surface area contributed by atoms with E-state index >= 15 is 0 Å². The quantitative estimate of drug-likeness (QED) is 0.870. The van der Waals surface area contributed by atoms with Crippen molar-refractivity contribution in [1.82, 2.24) is 0 Å². The zero-order chi connectivity index (χ0) is 13.1. The van der Waals surface area contributed by atoms with Crippen molar-refractivity contribution in [1.29, 1.82) is 0 Å². The first kappa shape index (κ1) is 14.0. The van der Waals surface area contributed by atoms with Gasteiger partial charge in [0.2, 0.25) is 0 Å². The van der Waals surface area contributed by atoms with E-state index in [1.165, 1.54) is 6.07 Å². The van der Waals surface area contributed by atoms with E-state index < -0.39 is 5.60 Å². The van der Waals surface area contributed by atoms with Crippen LogP contribution < -0.4 is 5.32 Å². The molecule has 0 radical (unpaired) electrons. The Balaban J connectivity index is 2.50. The maximum absolute atomic E-state index is 13.2. The van der Waals surface area contributed by atoms with Crippen molar-refractivity contribution in [3.8, 4) is 0 Å². The second-order valence-electron chi connectivity index (χ2n) is 4.57. The number of carbonyl (C=O) groups excluding carboxylic acids is 1. The Morgan fingerprint density at radius 3 is 2.65 bits per heavy atom. The minimum atomic E-state index is -0.510. The fraction of sp³-hybridized carbons (Fsp3) is 0.417. The van der Waals surface area contributed by atoms with Gasteiger partial charge in [-0.15, -0.1) is 0 Å². The van der Waals surface area contributed by atoms with E-state index in [0.29, 0.717) is 10.2 Å². The lowest BCUT2D eigenvalue weighted by Crippen LogP contribution is -2.28. The Hall–Kier alpha value is -1.10. The van der Waals surface area contributed by atoms with Crippen LogP contribution in [0.4, 0.5) is 10.1 Å². The third-order valence-electron chi connectivity index (χ3n) is 1.78. The lowest BCUT2D eigenvalue weighted by atomic mass is 10.2. The highest BCUT2D eigenvalue weighted by Gasteiger charge is 2.15. The third kappa shape index (κ3) is 5.17. The fourth-order valence-electron chi connectivity index (χ4n) is 1.16. The highest BCUT2D eigenvalue weighted by molar-refractivity contribution is 9.10. The number of halogens is 2. The zero-order valence-electron chi connectivity index (χ0n) is 10.0. The third-order valence-corrected chi connectivity index (χ3v) is 2.42. The minimum absolute atomic E-state index is 0.0122. The van der Waals surface area contributed by atoms with Crippen molar-refractivity contribution < 1.29 is 13.9 Å². The Kier molecular flexibility index (Phi) is 4.51. The van der Waals surface area contributed by atoms with E-state index in [1.807, 2.05) is 0 Å². The molecular formula is C12H15BrFNO2. The van der Waals surface area contributed by atoms with Crippen LogP contribution in [0, 0.1) is 5.82 Å². The molecule has 0 aliphatic rings. The summed E-state index contributed by atoms with van der Waals surface area (Å²) in [6.45, 7) is 5.40. The smallest absolute Gasteiger partial charge is 0.325 e. The van der Waals surface area contributed by atoms with E-state index in [0.717, 1.165) is 0 Å². The van der Waals surface area contributed by atoms with Gasteiger partial charge in [-0.2, -0.15) is 0 Å². The maximum Gasteiger partial charge on any atom is 0.325 e. The van der Waals surface area contributed by atoms with E-state index in [2.05, 4.69) is 21.2 Å². The normalized spacial score (nSPS) is 11.1. The van der Waals surface area contributed by atoms with Crippen LogP contribution in [0.15, 0.2) is 22.7 Å². The number of rotatable bonds is 3. The molecule has 0 spiro atoms. The number of anilines is 1. The lowest BCUT2D eigenvalue weighted by Gasteiger charge is -2.19. The summed E-state index contributed by atoms with van der Waals surface area (Å²) in [5.41, 5.74) is 0.0283. The maximum atomic E-state index is 13.2. The number of hydrogen-bond acceptors (Lipinski definition) is 3. The van der Waals surface area contributed by atoms with Gasteiger partial charge in [-0.3, -0.25) is 4.79 Å². The van der Waals surface area contributed by atoms with Crippen molar-refractivity contribution in [2.45, 2.75) is 26.4 Å². The number of esters is 1. The molecule has 5 heteroatoms. The SMILES string of the molecule is CC(C)(C)OC(=O)CNc1ccc(Br)c(F)c1. The van der Waals surface area contributed by atoms with Gasteiger partial charge < -0.3 is 10.1 Å². The Bertz CT molecular complexity index is 415. The van der Waals surface area contributed by atoms with Crippen LogP contribution in [0.1, 0.15) is 20.8 Å². The topological polar surface area (TPSA) is 38.3 Å². The Morgan fingerprint density at radius 1 is 1.47 bits per heavy atom. The molecule has 17 heavy (non-hydrogen) atoms. The molecule has 0 saturated carbocycles. The summed E-state index contributed by atoms with van der Waals surface area (Å²) in [6, 6.07) is 4.57. The molecule has 94 valence electrons. The van der Waals surface area contributed by atoms with Gasteiger partial charge in [0.1, 0.15) is 18.0 Å². The number of nitrogens with one attached hydrogen (secondary N) is 1. The molecule has 1 aromatic carbocycles. The van der Waals surface area contributed by atoms with Gasteiger partial charge in [0.05, 0.1) is 4.47 Å². The fourth-order valence-corrected chi connectivity index (χ4v) is 1.40. The highest BCUT2D eigenvalue weighted by Crippen LogP contribution is 2.19. The highest BCUT2D eigenvalue weighted by atomic mass is 79.9. The standard InChI is InChI=1S/C12H15BrFNO2/c1-12(2,3)17-11(16)7-15-8-4-5-9(13)10(14)6-8/h4-6,15H,7H2,1-3H3. The monoisotopic (exact) mass is 303 g/mol. The average molecular weight is 304 g/mol. The van der Waals surface area contributed by atoms with Crippen LogP contribution in [0.3, 0.4) is 0 Å². The first-order valence-corrected chi connectivity index (χ1v) is 5.98. The predicted octanol–water partition coefficient (Wildman–Crippen LogP) is 3.34. The summed E-state index contributed by atoms with van der Waals surface area (Å²) in [6.07, 6.45) is 0. The molecule has 3 nitrogen and oxygen atoms in total. The van der Waals surface area contributed by atoms with Gasteiger partial charge in [-0.1, -0.05) is 0 Å². The molecule has 1 N–H and O–H groups in total. The molecule has 0 heterocycles.